The van der Waals surface area contributed by atoms with Gasteiger partial charge in [0.2, 0.25) is 5.43 Å². The second-order valence-corrected chi connectivity index (χ2v) is 7.74. The zero-order valence-electron chi connectivity index (χ0n) is 16.5. The number of nitrogens with one attached hydrogen (secondary N) is 2. The van der Waals surface area contributed by atoms with E-state index in [-0.39, 0.29) is 11.1 Å². The lowest BCUT2D eigenvalue weighted by Crippen LogP contribution is -2.35. The van der Waals surface area contributed by atoms with Gasteiger partial charge in [-0.2, -0.15) is 5.10 Å². The van der Waals surface area contributed by atoms with Crippen LogP contribution in [0.25, 0.3) is 10.9 Å². The fourth-order valence-corrected chi connectivity index (χ4v) is 3.62. The zero-order chi connectivity index (χ0) is 20.9. The Morgan fingerprint density at radius 1 is 1.13 bits per heavy atom. The molecule has 0 saturated carbocycles. The Morgan fingerprint density at radius 2 is 1.87 bits per heavy atom. The summed E-state index contributed by atoms with van der Waals surface area (Å²) in [6.07, 6.45) is 0.637. The SMILES string of the molecule is O=C(NCCc1ccc(Cl)cc1)c1n[nH]c2ccc(CN3CCOCC3)cc2c1=O. The summed E-state index contributed by atoms with van der Waals surface area (Å²) in [5, 5.41) is 10.7. The summed E-state index contributed by atoms with van der Waals surface area (Å²) >= 11 is 5.88. The Hall–Kier alpha value is -2.74. The van der Waals surface area contributed by atoms with Crippen molar-refractivity contribution < 1.29 is 9.53 Å². The minimum Gasteiger partial charge on any atom is -0.379 e. The van der Waals surface area contributed by atoms with Gasteiger partial charge in [0.15, 0.2) is 5.69 Å². The highest BCUT2D eigenvalue weighted by Crippen LogP contribution is 2.13. The fourth-order valence-electron chi connectivity index (χ4n) is 3.50. The van der Waals surface area contributed by atoms with Gasteiger partial charge >= 0.3 is 0 Å². The largest absolute Gasteiger partial charge is 0.379 e. The van der Waals surface area contributed by atoms with Crippen LogP contribution in [-0.4, -0.2) is 53.9 Å². The molecule has 7 nitrogen and oxygen atoms in total. The molecule has 0 bridgehead atoms. The van der Waals surface area contributed by atoms with Crippen molar-refractivity contribution in [3.8, 4) is 0 Å². The Labute approximate surface area is 179 Å². The standard InChI is InChI=1S/C22H23ClN4O3/c23-17-4-1-15(2-5-17)7-8-24-22(29)20-21(28)18-13-16(3-6-19(18)25-26-20)14-27-9-11-30-12-10-27/h1-6,13H,7-12,14H2,(H,24,29)(H,25,28). The van der Waals surface area contributed by atoms with Gasteiger partial charge < -0.3 is 10.1 Å². The van der Waals surface area contributed by atoms with Crippen LogP contribution >= 0.6 is 11.6 Å². The maximum atomic E-state index is 12.9. The molecule has 1 saturated heterocycles. The van der Waals surface area contributed by atoms with Crippen molar-refractivity contribution in [2.75, 3.05) is 32.8 Å². The van der Waals surface area contributed by atoms with E-state index >= 15 is 0 Å². The average molecular weight is 427 g/mol. The number of fused-ring (bicyclic) bond motifs is 1. The number of benzene rings is 2. The first-order chi connectivity index (χ1) is 14.6. The Balaban J connectivity index is 1.46. The molecule has 1 aromatic heterocycles. The molecule has 0 radical (unpaired) electrons. The minimum atomic E-state index is -0.481. The molecule has 2 aromatic carbocycles. The van der Waals surface area contributed by atoms with E-state index in [1.807, 2.05) is 42.5 Å². The van der Waals surface area contributed by atoms with Crippen molar-refractivity contribution in [1.82, 2.24) is 20.4 Å². The Morgan fingerprint density at radius 3 is 2.63 bits per heavy atom. The molecule has 156 valence electrons. The van der Waals surface area contributed by atoms with E-state index in [4.69, 9.17) is 16.3 Å². The molecule has 4 rings (SSSR count). The number of aromatic nitrogens is 2. The summed E-state index contributed by atoms with van der Waals surface area (Å²) < 4.78 is 5.38. The minimum absolute atomic E-state index is 0.123. The number of rotatable bonds is 6. The van der Waals surface area contributed by atoms with Crippen LogP contribution in [0.5, 0.6) is 0 Å². The molecular formula is C22H23ClN4O3. The summed E-state index contributed by atoms with van der Waals surface area (Å²) in [7, 11) is 0. The highest BCUT2D eigenvalue weighted by molar-refractivity contribution is 6.30. The van der Waals surface area contributed by atoms with E-state index < -0.39 is 5.91 Å². The molecular weight excluding hydrogens is 404 g/mol. The lowest BCUT2D eigenvalue weighted by molar-refractivity contribution is 0.0342. The van der Waals surface area contributed by atoms with E-state index in [2.05, 4.69) is 20.4 Å². The molecule has 0 aliphatic carbocycles. The maximum Gasteiger partial charge on any atom is 0.275 e. The second-order valence-electron chi connectivity index (χ2n) is 7.30. The van der Waals surface area contributed by atoms with Gasteiger partial charge in [-0.1, -0.05) is 29.8 Å². The molecule has 2 N–H and O–H groups in total. The highest BCUT2D eigenvalue weighted by Gasteiger charge is 2.16. The molecule has 1 fully saturated rings. The van der Waals surface area contributed by atoms with Crippen LogP contribution in [0.2, 0.25) is 5.02 Å². The van der Waals surface area contributed by atoms with E-state index in [0.29, 0.717) is 28.9 Å². The third-order valence-electron chi connectivity index (χ3n) is 5.17. The number of ether oxygens (including phenoxy) is 1. The number of halogens is 1. The van der Waals surface area contributed by atoms with Crippen molar-refractivity contribution in [1.29, 1.82) is 0 Å². The molecule has 0 unspecified atom stereocenters. The highest BCUT2D eigenvalue weighted by atomic mass is 35.5. The first-order valence-corrected chi connectivity index (χ1v) is 10.3. The molecule has 0 spiro atoms. The lowest BCUT2D eigenvalue weighted by atomic mass is 10.1. The molecule has 2 heterocycles. The van der Waals surface area contributed by atoms with Gasteiger partial charge in [-0.3, -0.25) is 19.6 Å². The van der Waals surface area contributed by atoms with E-state index in [0.717, 1.165) is 44.0 Å². The number of nitrogens with zero attached hydrogens (tertiary/aromatic N) is 2. The van der Waals surface area contributed by atoms with E-state index in [1.54, 1.807) is 0 Å². The smallest absolute Gasteiger partial charge is 0.275 e. The molecule has 1 amide bonds. The van der Waals surface area contributed by atoms with Crippen molar-refractivity contribution in [2.24, 2.45) is 0 Å². The zero-order valence-corrected chi connectivity index (χ0v) is 17.2. The summed E-state index contributed by atoms with van der Waals surface area (Å²) in [6, 6.07) is 13.1. The molecule has 3 aromatic rings. The van der Waals surface area contributed by atoms with Crippen LogP contribution in [0.3, 0.4) is 0 Å². The van der Waals surface area contributed by atoms with Gasteiger partial charge in [0, 0.05) is 36.6 Å². The van der Waals surface area contributed by atoms with Gasteiger partial charge in [-0.05, 0) is 41.8 Å². The normalized spacial score (nSPS) is 14.7. The Bertz CT molecular complexity index is 1090. The summed E-state index contributed by atoms with van der Waals surface area (Å²) in [5.41, 5.74) is 2.20. The van der Waals surface area contributed by atoms with Crippen molar-refractivity contribution in [3.05, 3.63) is 74.5 Å². The van der Waals surface area contributed by atoms with Crippen LogP contribution in [0.1, 0.15) is 21.6 Å². The quantitative estimate of drug-likeness (QED) is 0.632. The average Bonchev–Trinajstić information content (AvgIpc) is 2.76. The Kier molecular flexibility index (Phi) is 6.42. The number of H-pyrrole nitrogens is 1. The number of aromatic amines is 1. The van der Waals surface area contributed by atoms with Crippen LogP contribution < -0.4 is 10.7 Å². The van der Waals surface area contributed by atoms with Gasteiger partial charge in [0.25, 0.3) is 5.91 Å². The van der Waals surface area contributed by atoms with Gasteiger partial charge in [0.1, 0.15) is 0 Å². The third kappa shape index (κ3) is 4.87. The molecule has 1 aliphatic rings. The second kappa shape index (κ2) is 9.38. The van der Waals surface area contributed by atoms with Crippen LogP contribution in [0.15, 0.2) is 47.3 Å². The number of carbonyl (C=O) groups excluding carboxylic acids is 1. The van der Waals surface area contributed by atoms with Crippen molar-refractivity contribution in [2.45, 2.75) is 13.0 Å². The molecule has 1 aliphatic heterocycles. The fraction of sp³-hybridized carbons (Fsp3) is 0.318. The van der Waals surface area contributed by atoms with Crippen molar-refractivity contribution in [3.63, 3.8) is 0 Å². The van der Waals surface area contributed by atoms with Crippen LogP contribution in [-0.2, 0) is 17.7 Å². The molecule has 8 heteroatoms. The first kappa shape index (κ1) is 20.5. The van der Waals surface area contributed by atoms with Crippen molar-refractivity contribution >= 4 is 28.4 Å². The topological polar surface area (TPSA) is 87.3 Å². The van der Waals surface area contributed by atoms with Gasteiger partial charge in [-0.15, -0.1) is 0 Å². The monoisotopic (exact) mass is 426 g/mol. The number of amides is 1. The number of hydrogen-bond acceptors (Lipinski definition) is 5. The number of carbonyl (C=O) groups is 1. The first-order valence-electron chi connectivity index (χ1n) is 9.94. The number of hydrogen-bond donors (Lipinski definition) is 2. The van der Waals surface area contributed by atoms with Gasteiger partial charge in [-0.25, -0.2) is 0 Å². The summed E-state index contributed by atoms with van der Waals surface area (Å²) in [4.78, 5) is 27.7. The molecule has 0 atom stereocenters. The maximum absolute atomic E-state index is 12.9. The van der Waals surface area contributed by atoms with E-state index in [9.17, 15) is 9.59 Å². The lowest BCUT2D eigenvalue weighted by Gasteiger charge is -2.26. The summed E-state index contributed by atoms with van der Waals surface area (Å²) in [6.45, 7) is 4.31. The summed E-state index contributed by atoms with van der Waals surface area (Å²) in [5.74, 6) is -0.481. The predicted octanol–water partition coefficient (Wildman–Crippen LogP) is 2.38. The number of morpholine rings is 1. The van der Waals surface area contributed by atoms with Crippen LogP contribution in [0, 0.1) is 0 Å². The van der Waals surface area contributed by atoms with Gasteiger partial charge in [0.05, 0.1) is 18.7 Å². The third-order valence-corrected chi connectivity index (χ3v) is 5.42. The predicted molar refractivity (Wildman–Crippen MR) is 116 cm³/mol. The molecule has 30 heavy (non-hydrogen) atoms. The van der Waals surface area contributed by atoms with E-state index in [1.165, 1.54) is 0 Å². The van der Waals surface area contributed by atoms with Crippen LogP contribution in [0.4, 0.5) is 0 Å².